The van der Waals surface area contributed by atoms with Crippen LogP contribution < -0.4 is 0 Å². The van der Waals surface area contributed by atoms with Crippen molar-refractivity contribution in [2.24, 2.45) is 4.99 Å². The molecule has 0 aliphatic carbocycles. The Kier molecular flexibility index (Phi) is 4.04. The summed E-state index contributed by atoms with van der Waals surface area (Å²) in [6.07, 6.45) is 0. The van der Waals surface area contributed by atoms with Crippen LogP contribution in [-0.2, 0) is 9.53 Å². The molecule has 0 saturated carbocycles. The normalized spacial score (nSPS) is 14.6. The summed E-state index contributed by atoms with van der Waals surface area (Å²) in [4.78, 5) is 28.3. The summed E-state index contributed by atoms with van der Waals surface area (Å²) in [6.45, 7) is 3.11. The predicted octanol–water partition coefficient (Wildman–Crippen LogP) is 3.11. The third-order valence-corrected chi connectivity index (χ3v) is 3.22. The van der Waals surface area contributed by atoms with Gasteiger partial charge in [0.2, 0.25) is 5.78 Å². The first-order valence-electron chi connectivity index (χ1n) is 5.96. The molecule has 0 fully saturated rings. The van der Waals surface area contributed by atoms with E-state index in [1.165, 1.54) is 6.92 Å². The summed E-state index contributed by atoms with van der Waals surface area (Å²) >= 11 is 3.28. The third-order valence-electron chi connectivity index (χ3n) is 2.73. The van der Waals surface area contributed by atoms with Crippen LogP contribution >= 0.6 is 15.9 Å². The van der Waals surface area contributed by atoms with Crippen molar-refractivity contribution in [3.63, 3.8) is 0 Å². The van der Waals surface area contributed by atoms with Crippen molar-refractivity contribution < 1.29 is 19.4 Å². The molecule has 0 aromatic heterocycles. The van der Waals surface area contributed by atoms with E-state index in [1.807, 2.05) is 0 Å². The number of aliphatic imine (C=N–C) groups is 1. The van der Waals surface area contributed by atoms with Crippen LogP contribution in [-0.4, -0.2) is 29.2 Å². The van der Waals surface area contributed by atoms with E-state index in [4.69, 9.17) is 4.74 Å². The zero-order valence-corrected chi connectivity index (χ0v) is 12.5. The van der Waals surface area contributed by atoms with Crippen molar-refractivity contribution in [1.82, 2.24) is 0 Å². The van der Waals surface area contributed by atoms with Crippen LogP contribution in [0, 0.1) is 0 Å². The first kappa shape index (κ1) is 14.5. The van der Waals surface area contributed by atoms with E-state index in [-0.39, 0.29) is 23.7 Å². The highest BCUT2D eigenvalue weighted by Crippen LogP contribution is 2.31. The molecule has 1 heterocycles. The Hall–Kier alpha value is -1.95. The minimum Gasteiger partial charge on any atom is -0.512 e. The Morgan fingerprint density at radius 1 is 1.45 bits per heavy atom. The largest absolute Gasteiger partial charge is 0.512 e. The molecule has 2 rings (SSSR count). The van der Waals surface area contributed by atoms with Crippen molar-refractivity contribution in [3.8, 4) is 0 Å². The number of rotatable bonds is 3. The van der Waals surface area contributed by atoms with Gasteiger partial charge in [-0.05, 0) is 32.0 Å². The number of hydrogen-bond donors (Lipinski definition) is 1. The predicted molar refractivity (Wildman–Crippen MR) is 77.5 cm³/mol. The number of allylic oxidation sites excluding steroid dienone is 1. The monoisotopic (exact) mass is 337 g/mol. The Morgan fingerprint density at radius 2 is 2.15 bits per heavy atom. The summed E-state index contributed by atoms with van der Waals surface area (Å²) < 4.78 is 5.59. The van der Waals surface area contributed by atoms with Gasteiger partial charge in [-0.15, -0.1) is 0 Å². The maximum absolute atomic E-state index is 12.3. The second kappa shape index (κ2) is 5.58. The second-order valence-corrected chi connectivity index (χ2v) is 5.05. The van der Waals surface area contributed by atoms with E-state index in [0.717, 1.165) is 4.47 Å². The highest BCUT2D eigenvalue weighted by atomic mass is 79.9. The molecule has 0 bridgehead atoms. The van der Waals surface area contributed by atoms with Gasteiger partial charge in [0.15, 0.2) is 0 Å². The highest BCUT2D eigenvalue weighted by Gasteiger charge is 2.33. The fourth-order valence-electron chi connectivity index (χ4n) is 1.87. The van der Waals surface area contributed by atoms with E-state index in [0.29, 0.717) is 11.3 Å². The molecule has 6 heteroatoms. The van der Waals surface area contributed by atoms with E-state index in [1.54, 1.807) is 25.1 Å². The van der Waals surface area contributed by atoms with Crippen molar-refractivity contribution >= 4 is 39.1 Å². The Bertz CT molecular complexity index is 657. The fourth-order valence-corrected chi connectivity index (χ4v) is 2.24. The van der Waals surface area contributed by atoms with Gasteiger partial charge in [0.1, 0.15) is 17.0 Å². The number of ketones is 1. The molecule has 1 aromatic carbocycles. The maximum atomic E-state index is 12.3. The first-order chi connectivity index (χ1) is 9.45. The molecular formula is C14H12BrNO4. The fraction of sp³-hybridized carbons (Fsp3) is 0.214. The van der Waals surface area contributed by atoms with Crippen molar-refractivity contribution in [1.29, 1.82) is 0 Å². The summed E-state index contributed by atoms with van der Waals surface area (Å²) in [7, 11) is 0. The SMILES string of the molecule is CCOC(=O)/C(C1=Nc2ccc(Br)cc2C1=O)=C(/C)O. The lowest BCUT2D eigenvalue weighted by Crippen LogP contribution is -2.22. The van der Waals surface area contributed by atoms with Gasteiger partial charge in [-0.25, -0.2) is 9.79 Å². The number of halogens is 1. The lowest BCUT2D eigenvalue weighted by atomic mass is 10.0. The molecule has 1 aliphatic heterocycles. The van der Waals surface area contributed by atoms with Gasteiger partial charge in [0.25, 0.3) is 0 Å². The molecule has 0 unspecified atom stereocenters. The number of hydrogen-bond acceptors (Lipinski definition) is 5. The standard InChI is InChI=1S/C14H12BrNO4/c1-3-20-14(19)11(7(2)17)12-13(18)9-6-8(15)4-5-10(9)16-12/h4-6,17H,3H2,1-2H3/b11-7-. The van der Waals surface area contributed by atoms with Crippen LogP contribution in [0.4, 0.5) is 5.69 Å². The topological polar surface area (TPSA) is 76.0 Å². The summed E-state index contributed by atoms with van der Waals surface area (Å²) in [5.41, 5.74) is 0.578. The number of fused-ring (bicyclic) bond motifs is 1. The van der Waals surface area contributed by atoms with Gasteiger partial charge in [0, 0.05) is 4.47 Å². The van der Waals surface area contributed by atoms with E-state index in [2.05, 4.69) is 20.9 Å². The van der Waals surface area contributed by atoms with Gasteiger partial charge in [-0.1, -0.05) is 15.9 Å². The van der Waals surface area contributed by atoms with Gasteiger partial charge in [0.05, 0.1) is 17.9 Å². The zero-order chi connectivity index (χ0) is 14.9. The summed E-state index contributed by atoms with van der Waals surface area (Å²) in [6, 6.07) is 5.04. The second-order valence-electron chi connectivity index (χ2n) is 4.13. The number of carbonyl (C=O) groups is 2. The molecule has 0 atom stereocenters. The number of esters is 1. The van der Waals surface area contributed by atoms with Gasteiger partial charge in [-0.3, -0.25) is 4.79 Å². The van der Waals surface area contributed by atoms with Crippen LogP contribution in [0.3, 0.4) is 0 Å². The number of ether oxygens (including phenoxy) is 1. The van der Waals surface area contributed by atoms with Crippen molar-refractivity contribution in [2.75, 3.05) is 6.61 Å². The molecular weight excluding hydrogens is 326 g/mol. The lowest BCUT2D eigenvalue weighted by molar-refractivity contribution is -0.138. The molecule has 0 saturated heterocycles. The van der Waals surface area contributed by atoms with Gasteiger partial charge >= 0.3 is 5.97 Å². The number of aliphatic hydroxyl groups is 1. The number of nitrogens with zero attached hydrogens (tertiary/aromatic N) is 1. The van der Waals surface area contributed by atoms with Crippen LogP contribution in [0.5, 0.6) is 0 Å². The summed E-state index contributed by atoms with van der Waals surface area (Å²) in [5.74, 6) is -1.45. The average molecular weight is 338 g/mol. The van der Waals surface area contributed by atoms with Gasteiger partial charge in [-0.2, -0.15) is 0 Å². The minimum atomic E-state index is -0.758. The smallest absolute Gasteiger partial charge is 0.343 e. The Labute approximate surface area is 124 Å². The van der Waals surface area contributed by atoms with Crippen LogP contribution in [0.2, 0.25) is 0 Å². The molecule has 0 amide bonds. The Balaban J connectivity index is 2.47. The molecule has 0 spiro atoms. The molecule has 0 radical (unpaired) electrons. The Morgan fingerprint density at radius 3 is 2.75 bits per heavy atom. The van der Waals surface area contributed by atoms with Crippen LogP contribution in [0.15, 0.2) is 39.0 Å². The van der Waals surface area contributed by atoms with E-state index in [9.17, 15) is 14.7 Å². The van der Waals surface area contributed by atoms with Crippen molar-refractivity contribution in [2.45, 2.75) is 13.8 Å². The lowest BCUT2D eigenvalue weighted by Gasteiger charge is -2.06. The molecule has 1 aliphatic rings. The molecule has 5 nitrogen and oxygen atoms in total. The van der Waals surface area contributed by atoms with Gasteiger partial charge < -0.3 is 9.84 Å². The molecule has 1 N–H and O–H groups in total. The maximum Gasteiger partial charge on any atom is 0.343 e. The summed E-state index contributed by atoms with van der Waals surface area (Å²) in [5, 5.41) is 9.66. The zero-order valence-electron chi connectivity index (χ0n) is 10.9. The first-order valence-corrected chi connectivity index (χ1v) is 6.75. The molecule has 104 valence electrons. The number of aliphatic hydroxyl groups excluding tert-OH is 1. The average Bonchev–Trinajstić information content (AvgIpc) is 2.67. The minimum absolute atomic E-state index is 0.0865. The van der Waals surface area contributed by atoms with Crippen molar-refractivity contribution in [3.05, 3.63) is 39.6 Å². The van der Waals surface area contributed by atoms with Crippen LogP contribution in [0.1, 0.15) is 24.2 Å². The molecule has 1 aromatic rings. The van der Waals surface area contributed by atoms with E-state index < -0.39 is 11.8 Å². The highest BCUT2D eigenvalue weighted by molar-refractivity contribution is 9.10. The quantitative estimate of drug-likeness (QED) is 0.522. The third kappa shape index (κ3) is 2.51. The number of benzene rings is 1. The number of carbonyl (C=O) groups excluding carboxylic acids is 2. The van der Waals surface area contributed by atoms with E-state index >= 15 is 0 Å². The van der Waals surface area contributed by atoms with Crippen LogP contribution in [0.25, 0.3) is 0 Å². The number of Topliss-reactive ketones (excluding diaryl/α,β-unsaturated/α-hetero) is 1. The molecule has 20 heavy (non-hydrogen) atoms.